The fraction of sp³-hybridized carbons (Fsp3) is 0.160. The lowest BCUT2D eigenvalue weighted by atomic mass is 10.1. The molecule has 8 nitrogen and oxygen atoms in total. The maximum absolute atomic E-state index is 12.5. The lowest BCUT2D eigenvalue weighted by molar-refractivity contribution is -0.118. The zero-order chi connectivity index (χ0) is 23.6. The number of amides is 3. The van der Waals surface area contributed by atoms with Crippen LogP contribution in [0.2, 0.25) is 0 Å². The van der Waals surface area contributed by atoms with Gasteiger partial charge in [0.2, 0.25) is 0 Å². The van der Waals surface area contributed by atoms with E-state index in [1.807, 2.05) is 6.92 Å². The van der Waals surface area contributed by atoms with Crippen LogP contribution < -0.4 is 25.4 Å². The van der Waals surface area contributed by atoms with Crippen molar-refractivity contribution in [2.45, 2.75) is 6.92 Å². The zero-order valence-corrected chi connectivity index (χ0v) is 18.4. The van der Waals surface area contributed by atoms with Gasteiger partial charge in [0.15, 0.2) is 6.61 Å². The predicted octanol–water partition coefficient (Wildman–Crippen LogP) is 3.71. The van der Waals surface area contributed by atoms with E-state index in [-0.39, 0.29) is 24.3 Å². The molecular weight excluding hydrogens is 422 g/mol. The molecule has 0 aliphatic heterocycles. The Morgan fingerprint density at radius 3 is 2.15 bits per heavy atom. The average Bonchev–Trinajstić information content (AvgIpc) is 2.83. The molecule has 0 radical (unpaired) electrons. The summed E-state index contributed by atoms with van der Waals surface area (Å²) in [5.41, 5.74) is 1.99. The van der Waals surface area contributed by atoms with Gasteiger partial charge in [-0.3, -0.25) is 14.4 Å². The van der Waals surface area contributed by atoms with Crippen molar-refractivity contribution in [3.05, 3.63) is 83.9 Å². The van der Waals surface area contributed by atoms with Gasteiger partial charge in [0.25, 0.3) is 17.7 Å². The van der Waals surface area contributed by atoms with Gasteiger partial charge in [0.1, 0.15) is 11.5 Å². The fourth-order valence-corrected chi connectivity index (χ4v) is 2.95. The van der Waals surface area contributed by atoms with Gasteiger partial charge < -0.3 is 25.4 Å². The van der Waals surface area contributed by atoms with Crippen LogP contribution in [-0.4, -0.2) is 38.0 Å². The number of methoxy groups -OCH3 is 1. The van der Waals surface area contributed by atoms with E-state index in [2.05, 4.69) is 16.0 Å². The van der Waals surface area contributed by atoms with Crippen molar-refractivity contribution < 1.29 is 23.9 Å². The van der Waals surface area contributed by atoms with Crippen molar-refractivity contribution in [2.24, 2.45) is 0 Å². The number of nitrogens with one attached hydrogen (secondary N) is 3. The molecular formula is C25H25N3O5. The number of rotatable bonds is 9. The number of ether oxygens (including phenoxy) is 2. The Kier molecular flexibility index (Phi) is 8.02. The second-order valence-corrected chi connectivity index (χ2v) is 6.99. The van der Waals surface area contributed by atoms with E-state index in [1.54, 1.807) is 79.9 Å². The van der Waals surface area contributed by atoms with E-state index in [0.717, 1.165) is 0 Å². The molecule has 0 saturated heterocycles. The molecule has 3 aromatic rings. The maximum atomic E-state index is 12.5. The number of hydrogen-bond donors (Lipinski definition) is 3. The molecule has 3 amide bonds. The Hall–Kier alpha value is -4.33. The number of anilines is 2. The number of carbonyl (C=O) groups excluding carboxylic acids is 3. The van der Waals surface area contributed by atoms with Crippen molar-refractivity contribution in [3.63, 3.8) is 0 Å². The second-order valence-electron chi connectivity index (χ2n) is 6.99. The standard InChI is InChI=1S/C25H25N3O5/c1-3-26-24(30)18-6-4-7-19(14-18)28-25(31)17-10-12-21(13-11-17)33-16-23(29)27-20-8-5-9-22(15-20)32-2/h4-15H,3,16H2,1-2H3,(H,26,30)(H,27,29)(H,28,31). The summed E-state index contributed by atoms with van der Waals surface area (Å²) in [4.78, 5) is 36.6. The summed E-state index contributed by atoms with van der Waals surface area (Å²) in [6.07, 6.45) is 0. The van der Waals surface area contributed by atoms with Crippen LogP contribution >= 0.6 is 0 Å². The van der Waals surface area contributed by atoms with Crippen LogP contribution in [0, 0.1) is 0 Å². The third-order valence-corrected chi connectivity index (χ3v) is 4.56. The Bertz CT molecular complexity index is 1130. The SMILES string of the molecule is CCNC(=O)c1cccc(NC(=O)c2ccc(OCC(=O)Nc3cccc(OC)c3)cc2)c1. The van der Waals surface area contributed by atoms with E-state index >= 15 is 0 Å². The first kappa shape index (κ1) is 23.3. The highest BCUT2D eigenvalue weighted by Gasteiger charge is 2.10. The minimum atomic E-state index is -0.328. The maximum Gasteiger partial charge on any atom is 0.262 e. The summed E-state index contributed by atoms with van der Waals surface area (Å²) >= 11 is 0. The van der Waals surface area contributed by atoms with Gasteiger partial charge in [-0.15, -0.1) is 0 Å². The van der Waals surface area contributed by atoms with E-state index < -0.39 is 0 Å². The largest absolute Gasteiger partial charge is 0.497 e. The van der Waals surface area contributed by atoms with Crippen LogP contribution in [0.4, 0.5) is 11.4 Å². The summed E-state index contributed by atoms with van der Waals surface area (Å²) < 4.78 is 10.6. The molecule has 0 spiro atoms. The van der Waals surface area contributed by atoms with E-state index in [9.17, 15) is 14.4 Å². The highest BCUT2D eigenvalue weighted by atomic mass is 16.5. The molecule has 0 fully saturated rings. The van der Waals surface area contributed by atoms with Crippen LogP contribution in [0.1, 0.15) is 27.6 Å². The van der Waals surface area contributed by atoms with Gasteiger partial charge in [-0.05, 0) is 61.5 Å². The summed E-state index contributed by atoms with van der Waals surface area (Å²) in [6, 6.07) is 20.1. The molecule has 0 atom stereocenters. The highest BCUT2D eigenvalue weighted by molar-refractivity contribution is 6.05. The third-order valence-electron chi connectivity index (χ3n) is 4.56. The quantitative estimate of drug-likeness (QED) is 0.464. The minimum Gasteiger partial charge on any atom is -0.497 e. The first-order valence-corrected chi connectivity index (χ1v) is 10.3. The smallest absolute Gasteiger partial charge is 0.262 e. The summed E-state index contributed by atoms with van der Waals surface area (Å²) in [5.74, 6) is 0.233. The molecule has 3 N–H and O–H groups in total. The van der Waals surface area contributed by atoms with Gasteiger partial charge in [0.05, 0.1) is 7.11 Å². The summed E-state index contributed by atoms with van der Waals surface area (Å²) in [5, 5.41) is 8.21. The van der Waals surface area contributed by atoms with Crippen LogP contribution in [0.15, 0.2) is 72.8 Å². The van der Waals surface area contributed by atoms with E-state index in [0.29, 0.717) is 40.5 Å². The summed E-state index contributed by atoms with van der Waals surface area (Å²) in [6.45, 7) is 2.17. The van der Waals surface area contributed by atoms with E-state index in [1.165, 1.54) is 0 Å². The molecule has 0 bridgehead atoms. The third kappa shape index (κ3) is 6.83. The second kappa shape index (κ2) is 11.3. The zero-order valence-electron chi connectivity index (χ0n) is 18.4. The highest BCUT2D eigenvalue weighted by Crippen LogP contribution is 2.18. The molecule has 0 aliphatic carbocycles. The van der Waals surface area contributed by atoms with E-state index in [4.69, 9.17) is 9.47 Å². The van der Waals surface area contributed by atoms with Gasteiger partial charge >= 0.3 is 0 Å². The lowest BCUT2D eigenvalue weighted by Crippen LogP contribution is -2.22. The van der Waals surface area contributed by atoms with Crippen LogP contribution in [0.3, 0.4) is 0 Å². The van der Waals surface area contributed by atoms with Crippen LogP contribution in [-0.2, 0) is 4.79 Å². The monoisotopic (exact) mass is 447 g/mol. The summed E-state index contributed by atoms with van der Waals surface area (Å²) in [7, 11) is 1.55. The van der Waals surface area contributed by atoms with Gasteiger partial charge in [-0.2, -0.15) is 0 Å². The van der Waals surface area contributed by atoms with Crippen molar-refractivity contribution in [1.29, 1.82) is 0 Å². The molecule has 3 aromatic carbocycles. The predicted molar refractivity (Wildman–Crippen MR) is 126 cm³/mol. The molecule has 3 rings (SSSR count). The molecule has 0 heterocycles. The first-order valence-electron chi connectivity index (χ1n) is 10.3. The molecule has 170 valence electrons. The van der Waals surface area contributed by atoms with Crippen molar-refractivity contribution in [3.8, 4) is 11.5 Å². The van der Waals surface area contributed by atoms with Gasteiger partial charge in [-0.1, -0.05) is 12.1 Å². The average molecular weight is 447 g/mol. The van der Waals surface area contributed by atoms with Gasteiger partial charge in [0, 0.05) is 35.1 Å². The molecule has 0 aromatic heterocycles. The molecule has 0 saturated carbocycles. The van der Waals surface area contributed by atoms with Crippen LogP contribution in [0.5, 0.6) is 11.5 Å². The molecule has 0 aliphatic rings. The Labute approximate surface area is 191 Å². The van der Waals surface area contributed by atoms with Crippen molar-refractivity contribution in [1.82, 2.24) is 5.32 Å². The van der Waals surface area contributed by atoms with Crippen molar-refractivity contribution in [2.75, 3.05) is 30.9 Å². The molecule has 33 heavy (non-hydrogen) atoms. The van der Waals surface area contributed by atoms with Gasteiger partial charge in [-0.25, -0.2) is 0 Å². The number of carbonyl (C=O) groups is 3. The van der Waals surface area contributed by atoms with Crippen molar-refractivity contribution >= 4 is 29.1 Å². The molecule has 0 unspecified atom stereocenters. The minimum absolute atomic E-state index is 0.185. The Morgan fingerprint density at radius 1 is 0.758 bits per heavy atom. The topological polar surface area (TPSA) is 106 Å². The normalized spacial score (nSPS) is 10.1. The molecule has 8 heteroatoms. The van der Waals surface area contributed by atoms with Crippen LogP contribution in [0.25, 0.3) is 0 Å². The lowest BCUT2D eigenvalue weighted by Gasteiger charge is -2.10. The Morgan fingerprint density at radius 2 is 1.45 bits per heavy atom. The Balaban J connectivity index is 1.53. The first-order chi connectivity index (χ1) is 16.0. The number of benzene rings is 3. The fourth-order valence-electron chi connectivity index (χ4n) is 2.95. The number of hydrogen-bond acceptors (Lipinski definition) is 5.